The number of nitrogens with zero attached hydrogens (tertiary/aromatic N) is 2. The summed E-state index contributed by atoms with van der Waals surface area (Å²) >= 11 is 1.74. The Morgan fingerprint density at radius 2 is 2.00 bits per heavy atom. The van der Waals surface area contributed by atoms with Crippen LogP contribution in [0.15, 0.2) is 24.3 Å². The number of likely N-dealkylation sites (tertiary alicyclic amines) is 1. The average molecular weight is 386 g/mol. The first-order valence-electron chi connectivity index (χ1n) is 10.0. The highest BCUT2D eigenvalue weighted by atomic mass is 32.1. The molecule has 2 saturated heterocycles. The molecule has 3 aliphatic rings. The minimum atomic E-state index is -0.625. The van der Waals surface area contributed by atoms with Crippen LogP contribution in [0, 0.1) is 0 Å². The SMILES string of the molecule is O=C1NC2(CCCCC2)C(=O)N1C[NH+]1CCC[C@H]1c1nc2ccccc2s1. The number of aromatic nitrogens is 1. The average Bonchev–Trinajstić information content (AvgIpc) is 3.36. The maximum Gasteiger partial charge on any atom is 0.329 e. The van der Waals surface area contributed by atoms with Gasteiger partial charge < -0.3 is 10.2 Å². The number of carbonyl (C=O) groups is 2. The number of thiazole rings is 1. The molecule has 1 aromatic heterocycles. The third-order valence-electron chi connectivity index (χ3n) is 6.41. The number of fused-ring (bicyclic) bond motifs is 1. The van der Waals surface area contributed by atoms with E-state index in [1.807, 2.05) is 18.2 Å². The molecule has 1 spiro atoms. The van der Waals surface area contributed by atoms with E-state index in [0.717, 1.165) is 62.0 Å². The van der Waals surface area contributed by atoms with E-state index in [1.54, 1.807) is 11.3 Å². The van der Waals surface area contributed by atoms with Crippen molar-refractivity contribution in [1.29, 1.82) is 0 Å². The molecular weight excluding hydrogens is 360 g/mol. The van der Waals surface area contributed by atoms with Crippen LogP contribution in [0.5, 0.6) is 0 Å². The second kappa shape index (κ2) is 6.56. The summed E-state index contributed by atoms with van der Waals surface area (Å²) in [6.45, 7) is 1.43. The predicted molar refractivity (Wildman–Crippen MR) is 103 cm³/mol. The molecule has 2 atom stereocenters. The van der Waals surface area contributed by atoms with Crippen LogP contribution in [0.25, 0.3) is 10.2 Å². The van der Waals surface area contributed by atoms with Gasteiger partial charge in [0.2, 0.25) is 0 Å². The van der Waals surface area contributed by atoms with Crippen molar-refractivity contribution >= 4 is 33.5 Å². The van der Waals surface area contributed by atoms with Crippen LogP contribution in [0.1, 0.15) is 56.0 Å². The summed E-state index contributed by atoms with van der Waals surface area (Å²) in [5.74, 6) is -0.00495. The van der Waals surface area contributed by atoms with Crippen LogP contribution in [-0.4, -0.2) is 40.6 Å². The number of hydrogen-bond donors (Lipinski definition) is 2. The Bertz CT molecular complexity index is 856. The molecule has 0 radical (unpaired) electrons. The summed E-state index contributed by atoms with van der Waals surface area (Å²) in [5, 5.41) is 4.16. The van der Waals surface area contributed by atoms with Gasteiger partial charge in [-0.25, -0.2) is 14.7 Å². The predicted octanol–water partition coefficient (Wildman–Crippen LogP) is 2.23. The van der Waals surface area contributed by atoms with E-state index in [4.69, 9.17) is 4.98 Å². The summed E-state index contributed by atoms with van der Waals surface area (Å²) in [6, 6.07) is 8.28. The highest BCUT2D eigenvalue weighted by Gasteiger charge is 2.53. The number of para-hydroxylation sites is 1. The van der Waals surface area contributed by atoms with E-state index in [1.165, 1.54) is 14.5 Å². The van der Waals surface area contributed by atoms with Crippen molar-refractivity contribution < 1.29 is 14.5 Å². The van der Waals surface area contributed by atoms with Crippen molar-refractivity contribution in [1.82, 2.24) is 15.2 Å². The van der Waals surface area contributed by atoms with E-state index < -0.39 is 5.54 Å². The van der Waals surface area contributed by atoms with Crippen molar-refractivity contribution in [2.24, 2.45) is 0 Å². The van der Waals surface area contributed by atoms with Crippen molar-refractivity contribution in [2.75, 3.05) is 13.2 Å². The first kappa shape index (κ1) is 17.1. The number of urea groups is 1. The fourth-order valence-electron chi connectivity index (χ4n) is 4.96. The number of rotatable bonds is 3. The highest BCUT2D eigenvalue weighted by Crippen LogP contribution is 2.34. The summed E-state index contributed by atoms with van der Waals surface area (Å²) in [7, 11) is 0. The monoisotopic (exact) mass is 385 g/mol. The molecule has 1 aliphatic carbocycles. The lowest BCUT2D eigenvalue weighted by atomic mass is 9.82. The van der Waals surface area contributed by atoms with Crippen LogP contribution >= 0.6 is 11.3 Å². The first-order valence-corrected chi connectivity index (χ1v) is 10.8. The summed E-state index contributed by atoms with van der Waals surface area (Å²) in [4.78, 5) is 33.3. The molecule has 3 heterocycles. The summed E-state index contributed by atoms with van der Waals surface area (Å²) < 4.78 is 1.20. The van der Waals surface area contributed by atoms with E-state index >= 15 is 0 Å². The lowest BCUT2D eigenvalue weighted by Crippen LogP contribution is -3.12. The number of hydrogen-bond acceptors (Lipinski definition) is 4. The highest BCUT2D eigenvalue weighted by molar-refractivity contribution is 7.18. The van der Waals surface area contributed by atoms with Crippen LogP contribution in [0.3, 0.4) is 0 Å². The Balaban J connectivity index is 1.36. The molecule has 6 nitrogen and oxygen atoms in total. The van der Waals surface area contributed by atoms with E-state index in [2.05, 4.69) is 11.4 Å². The molecule has 142 valence electrons. The van der Waals surface area contributed by atoms with Crippen molar-refractivity contribution in [2.45, 2.75) is 56.5 Å². The van der Waals surface area contributed by atoms with Gasteiger partial charge in [0, 0.05) is 12.8 Å². The molecule has 3 amide bonds. The number of benzene rings is 1. The van der Waals surface area contributed by atoms with Crippen molar-refractivity contribution in [3.8, 4) is 0 Å². The summed E-state index contributed by atoms with van der Waals surface area (Å²) in [6.07, 6.45) is 6.92. The zero-order valence-corrected chi connectivity index (χ0v) is 16.2. The van der Waals surface area contributed by atoms with Gasteiger partial charge in [-0.1, -0.05) is 31.4 Å². The van der Waals surface area contributed by atoms with Gasteiger partial charge in [-0.2, -0.15) is 0 Å². The Labute approximate surface area is 162 Å². The Morgan fingerprint density at radius 1 is 1.19 bits per heavy atom. The fourth-order valence-corrected chi connectivity index (χ4v) is 6.12. The Kier molecular flexibility index (Phi) is 4.16. The van der Waals surface area contributed by atoms with Crippen LogP contribution < -0.4 is 10.2 Å². The lowest BCUT2D eigenvalue weighted by molar-refractivity contribution is -0.925. The maximum atomic E-state index is 13.1. The van der Waals surface area contributed by atoms with E-state index in [-0.39, 0.29) is 18.0 Å². The van der Waals surface area contributed by atoms with Gasteiger partial charge >= 0.3 is 6.03 Å². The largest absolute Gasteiger partial charge is 0.329 e. The van der Waals surface area contributed by atoms with Gasteiger partial charge in [0.25, 0.3) is 5.91 Å². The van der Waals surface area contributed by atoms with Gasteiger partial charge in [-0.3, -0.25) is 4.79 Å². The van der Waals surface area contributed by atoms with E-state index in [9.17, 15) is 9.59 Å². The number of quaternary nitrogens is 1. The quantitative estimate of drug-likeness (QED) is 0.797. The first-order chi connectivity index (χ1) is 13.2. The summed E-state index contributed by atoms with van der Waals surface area (Å²) in [5.41, 5.74) is 0.416. The van der Waals surface area contributed by atoms with Crippen LogP contribution in [-0.2, 0) is 4.79 Å². The van der Waals surface area contributed by atoms with Crippen LogP contribution in [0.4, 0.5) is 4.79 Å². The molecule has 1 unspecified atom stereocenters. The normalized spacial score (nSPS) is 27.6. The molecular formula is C20H25N4O2S+. The lowest BCUT2D eigenvalue weighted by Gasteiger charge is -2.30. The number of amides is 3. The number of imide groups is 1. The van der Waals surface area contributed by atoms with Gasteiger partial charge in [-0.05, 0) is 25.0 Å². The molecule has 3 fully saturated rings. The minimum absolute atomic E-state index is 0.00495. The zero-order valence-electron chi connectivity index (χ0n) is 15.4. The Morgan fingerprint density at radius 3 is 2.81 bits per heavy atom. The topological polar surface area (TPSA) is 66.7 Å². The molecule has 1 aromatic carbocycles. The molecule has 2 N–H and O–H groups in total. The molecule has 1 saturated carbocycles. The molecule has 2 aromatic rings. The fraction of sp³-hybridized carbons (Fsp3) is 0.550. The van der Waals surface area contributed by atoms with Crippen molar-refractivity contribution in [3.63, 3.8) is 0 Å². The van der Waals surface area contributed by atoms with Gasteiger partial charge in [0.1, 0.15) is 11.6 Å². The number of nitrogens with one attached hydrogen (secondary N) is 2. The maximum absolute atomic E-state index is 13.1. The third-order valence-corrected chi connectivity index (χ3v) is 7.56. The standard InChI is InChI=1S/C20H24N4O2S/c25-18-20(10-4-1-5-11-20)22-19(26)24(18)13-23-12-6-8-15(23)17-21-14-7-2-3-9-16(14)27-17/h2-3,7,9,15H,1,4-6,8,10-13H2,(H,22,26)/p+1/t15-/m0/s1. The van der Waals surface area contributed by atoms with Crippen molar-refractivity contribution in [3.05, 3.63) is 29.3 Å². The van der Waals surface area contributed by atoms with Crippen LogP contribution in [0.2, 0.25) is 0 Å². The second-order valence-corrected chi connectivity index (χ2v) is 9.15. The van der Waals surface area contributed by atoms with E-state index in [0.29, 0.717) is 6.67 Å². The van der Waals surface area contributed by atoms with Gasteiger partial charge in [0.05, 0.1) is 16.8 Å². The zero-order chi connectivity index (χ0) is 18.4. The molecule has 7 heteroatoms. The minimum Gasteiger partial charge on any atom is -0.323 e. The number of carbonyl (C=O) groups excluding carboxylic acids is 2. The molecule has 0 bridgehead atoms. The molecule has 2 aliphatic heterocycles. The second-order valence-electron chi connectivity index (χ2n) is 8.09. The third kappa shape index (κ3) is 2.84. The van der Waals surface area contributed by atoms with Gasteiger partial charge in [0.15, 0.2) is 11.7 Å². The molecule has 5 rings (SSSR count). The Hall–Kier alpha value is -1.99. The smallest absolute Gasteiger partial charge is 0.323 e. The van der Waals surface area contributed by atoms with Gasteiger partial charge in [-0.15, -0.1) is 11.3 Å². The molecule has 27 heavy (non-hydrogen) atoms.